The van der Waals surface area contributed by atoms with Crippen LogP contribution in [0.2, 0.25) is 5.02 Å². The highest BCUT2D eigenvalue weighted by atomic mass is 35.5. The lowest BCUT2D eigenvalue weighted by Gasteiger charge is -2.13. The van der Waals surface area contributed by atoms with E-state index < -0.39 is 5.97 Å². The van der Waals surface area contributed by atoms with E-state index in [1.807, 2.05) is 0 Å². The van der Waals surface area contributed by atoms with Gasteiger partial charge in [-0.25, -0.2) is 4.79 Å². The molecule has 1 rings (SSSR count). The van der Waals surface area contributed by atoms with Gasteiger partial charge in [0.25, 0.3) is 0 Å². The first-order chi connectivity index (χ1) is 8.52. The maximum Gasteiger partial charge on any atom is 0.328 e. The summed E-state index contributed by atoms with van der Waals surface area (Å²) >= 11 is 5.89. The molecule has 3 nitrogen and oxygen atoms in total. The van der Waals surface area contributed by atoms with E-state index >= 15 is 0 Å². The van der Waals surface area contributed by atoms with E-state index in [2.05, 4.69) is 13.8 Å². The second kappa shape index (κ2) is 7.07. The minimum absolute atomic E-state index is 0.456. The zero-order chi connectivity index (χ0) is 13.5. The van der Waals surface area contributed by atoms with Gasteiger partial charge in [-0.2, -0.15) is 0 Å². The Kier molecular flexibility index (Phi) is 5.72. The van der Waals surface area contributed by atoms with Gasteiger partial charge < -0.3 is 9.84 Å². The van der Waals surface area contributed by atoms with Gasteiger partial charge in [0.05, 0.1) is 6.61 Å². The largest absolute Gasteiger partial charge is 0.493 e. The van der Waals surface area contributed by atoms with Gasteiger partial charge in [0.1, 0.15) is 5.75 Å². The number of aliphatic carboxylic acids is 1. The Balaban J connectivity index is 2.86. The fraction of sp³-hybridized carbons (Fsp3) is 0.357. The summed E-state index contributed by atoms with van der Waals surface area (Å²) in [4.78, 5) is 10.5. The first-order valence-electron chi connectivity index (χ1n) is 5.86. The molecule has 1 N–H and O–H groups in total. The summed E-state index contributed by atoms with van der Waals surface area (Å²) in [7, 11) is 0. The van der Waals surface area contributed by atoms with Crippen LogP contribution in [0.4, 0.5) is 0 Å². The number of ether oxygens (including phenoxy) is 1. The summed E-state index contributed by atoms with van der Waals surface area (Å²) in [5.74, 6) is 0.108. The molecule has 0 saturated heterocycles. The summed E-state index contributed by atoms with van der Waals surface area (Å²) in [6.45, 7) is 4.80. The number of benzene rings is 1. The van der Waals surface area contributed by atoms with Gasteiger partial charge >= 0.3 is 5.97 Å². The van der Waals surface area contributed by atoms with E-state index in [4.69, 9.17) is 21.4 Å². The van der Waals surface area contributed by atoms with Crippen LogP contribution in [-0.2, 0) is 4.79 Å². The lowest BCUT2D eigenvalue weighted by atomic mass is 10.1. The molecule has 1 atom stereocenters. The normalized spacial score (nSPS) is 12.6. The molecule has 1 unspecified atom stereocenters. The smallest absolute Gasteiger partial charge is 0.328 e. The Bertz CT molecular complexity index is 441. The molecule has 0 aliphatic heterocycles. The highest BCUT2D eigenvalue weighted by Gasteiger charge is 2.05. The van der Waals surface area contributed by atoms with Crippen LogP contribution < -0.4 is 4.74 Å². The minimum Gasteiger partial charge on any atom is -0.493 e. The molecule has 0 spiro atoms. The summed E-state index contributed by atoms with van der Waals surface area (Å²) < 4.78 is 5.67. The Morgan fingerprint density at radius 2 is 2.28 bits per heavy atom. The van der Waals surface area contributed by atoms with Crippen molar-refractivity contribution in [2.75, 3.05) is 6.61 Å². The number of halogens is 1. The van der Waals surface area contributed by atoms with Crippen molar-refractivity contribution < 1.29 is 14.6 Å². The molecule has 0 aliphatic rings. The quantitative estimate of drug-likeness (QED) is 0.797. The van der Waals surface area contributed by atoms with Crippen LogP contribution in [0.15, 0.2) is 24.3 Å². The molecule has 0 aromatic heterocycles. The molecule has 18 heavy (non-hydrogen) atoms. The highest BCUT2D eigenvalue weighted by molar-refractivity contribution is 6.30. The maximum absolute atomic E-state index is 10.5. The van der Waals surface area contributed by atoms with Crippen LogP contribution in [0, 0.1) is 5.92 Å². The third kappa shape index (κ3) is 4.80. The molecule has 0 saturated carbocycles. The van der Waals surface area contributed by atoms with Crippen LogP contribution in [0.3, 0.4) is 0 Å². The van der Waals surface area contributed by atoms with Crippen LogP contribution in [0.5, 0.6) is 5.75 Å². The molecule has 98 valence electrons. The topological polar surface area (TPSA) is 46.5 Å². The lowest BCUT2D eigenvalue weighted by molar-refractivity contribution is -0.131. The third-order valence-corrected chi connectivity index (χ3v) is 2.83. The number of carboxylic acid groups (broad SMARTS) is 1. The molecule has 0 aliphatic carbocycles. The SMILES string of the molecule is CCC(C)COc1ccc(Cl)cc1C=CC(=O)O. The third-order valence-electron chi connectivity index (χ3n) is 2.60. The fourth-order valence-corrected chi connectivity index (χ4v) is 1.47. The minimum atomic E-state index is -0.997. The van der Waals surface area contributed by atoms with Gasteiger partial charge in [-0.05, 0) is 30.2 Å². The molecule has 0 heterocycles. The standard InChI is InChI=1S/C14H17ClO3/c1-3-10(2)9-18-13-6-5-12(15)8-11(13)4-7-14(16)17/h4-8,10H,3,9H2,1-2H3,(H,16,17). The van der Waals surface area contributed by atoms with E-state index in [0.717, 1.165) is 12.5 Å². The Morgan fingerprint density at radius 1 is 1.56 bits per heavy atom. The summed E-state index contributed by atoms with van der Waals surface area (Å²) in [5.41, 5.74) is 0.674. The molecule has 0 amide bonds. The summed E-state index contributed by atoms with van der Waals surface area (Å²) in [5, 5.41) is 9.18. The zero-order valence-electron chi connectivity index (χ0n) is 10.5. The molecule has 1 aromatic rings. The number of hydrogen-bond acceptors (Lipinski definition) is 2. The first kappa shape index (κ1) is 14.6. The Hall–Kier alpha value is -1.48. The average molecular weight is 269 g/mol. The second-order valence-electron chi connectivity index (χ2n) is 4.18. The Morgan fingerprint density at radius 3 is 2.89 bits per heavy atom. The van der Waals surface area contributed by atoms with Gasteiger partial charge in [0.2, 0.25) is 0 Å². The van der Waals surface area contributed by atoms with Gasteiger partial charge in [-0.1, -0.05) is 31.9 Å². The molecule has 0 radical (unpaired) electrons. The maximum atomic E-state index is 10.5. The molecule has 4 heteroatoms. The number of rotatable bonds is 6. The first-order valence-corrected chi connectivity index (χ1v) is 6.24. The number of carboxylic acids is 1. The van der Waals surface area contributed by atoms with Gasteiger partial charge in [-0.3, -0.25) is 0 Å². The summed E-state index contributed by atoms with van der Waals surface area (Å²) in [6.07, 6.45) is 3.59. The van der Waals surface area contributed by atoms with Crippen molar-refractivity contribution >= 4 is 23.6 Å². The molecule has 1 aromatic carbocycles. The Labute approximate surface area is 112 Å². The number of carbonyl (C=O) groups is 1. The monoisotopic (exact) mass is 268 g/mol. The van der Waals surface area contributed by atoms with E-state index in [1.165, 1.54) is 6.08 Å². The van der Waals surface area contributed by atoms with Crippen molar-refractivity contribution in [3.05, 3.63) is 34.9 Å². The van der Waals surface area contributed by atoms with Crippen molar-refractivity contribution in [1.82, 2.24) is 0 Å². The fourth-order valence-electron chi connectivity index (χ4n) is 1.29. The van der Waals surface area contributed by atoms with E-state index in [-0.39, 0.29) is 0 Å². The van der Waals surface area contributed by atoms with E-state index in [0.29, 0.717) is 28.9 Å². The molecular weight excluding hydrogens is 252 g/mol. The zero-order valence-corrected chi connectivity index (χ0v) is 11.3. The molecule has 0 fully saturated rings. The molecule has 0 bridgehead atoms. The van der Waals surface area contributed by atoms with Gasteiger partial charge in [0, 0.05) is 16.7 Å². The number of hydrogen-bond donors (Lipinski definition) is 1. The van der Waals surface area contributed by atoms with Gasteiger partial charge in [-0.15, -0.1) is 0 Å². The van der Waals surface area contributed by atoms with Crippen molar-refractivity contribution in [2.45, 2.75) is 20.3 Å². The van der Waals surface area contributed by atoms with Crippen molar-refractivity contribution in [3.8, 4) is 5.75 Å². The second-order valence-corrected chi connectivity index (χ2v) is 4.61. The van der Waals surface area contributed by atoms with Crippen molar-refractivity contribution in [3.63, 3.8) is 0 Å². The molecular formula is C14H17ClO3. The average Bonchev–Trinajstić information content (AvgIpc) is 2.34. The summed E-state index contributed by atoms with van der Waals surface area (Å²) in [6, 6.07) is 5.17. The lowest BCUT2D eigenvalue weighted by Crippen LogP contribution is -2.07. The highest BCUT2D eigenvalue weighted by Crippen LogP contribution is 2.25. The van der Waals surface area contributed by atoms with Crippen LogP contribution in [0.25, 0.3) is 6.08 Å². The van der Waals surface area contributed by atoms with Crippen LogP contribution in [0.1, 0.15) is 25.8 Å². The van der Waals surface area contributed by atoms with E-state index in [1.54, 1.807) is 18.2 Å². The van der Waals surface area contributed by atoms with Crippen LogP contribution in [-0.4, -0.2) is 17.7 Å². The van der Waals surface area contributed by atoms with Crippen LogP contribution >= 0.6 is 11.6 Å². The van der Waals surface area contributed by atoms with E-state index in [9.17, 15) is 4.79 Å². The van der Waals surface area contributed by atoms with Gasteiger partial charge in [0.15, 0.2) is 0 Å². The van der Waals surface area contributed by atoms with Crippen molar-refractivity contribution in [2.24, 2.45) is 5.92 Å². The predicted octanol–water partition coefficient (Wildman–Crippen LogP) is 3.86. The predicted molar refractivity (Wildman–Crippen MR) is 73.1 cm³/mol. The van der Waals surface area contributed by atoms with Crippen molar-refractivity contribution in [1.29, 1.82) is 0 Å².